The maximum atomic E-state index is 13.8. The van der Waals surface area contributed by atoms with Crippen molar-refractivity contribution < 1.29 is 27.5 Å². The van der Waals surface area contributed by atoms with Gasteiger partial charge >= 0.3 is 12.1 Å². The van der Waals surface area contributed by atoms with Gasteiger partial charge in [-0.05, 0) is 88.3 Å². The summed E-state index contributed by atoms with van der Waals surface area (Å²) in [5, 5.41) is 9.52. The third-order valence-electron chi connectivity index (χ3n) is 6.24. The van der Waals surface area contributed by atoms with Gasteiger partial charge in [0.15, 0.2) is 0 Å². The second-order valence-electron chi connectivity index (χ2n) is 10.4. The minimum Gasteiger partial charge on any atom is -0.465 e. The molecule has 0 atom stereocenters. The van der Waals surface area contributed by atoms with Gasteiger partial charge in [-0.3, -0.25) is 9.62 Å². The first kappa shape index (κ1) is 27.2. The number of allylic oxidation sites excluding steroid dienone is 1. The molecule has 200 valence electrons. The topological polar surface area (TPSA) is 126 Å². The maximum absolute atomic E-state index is 13.8. The number of anilines is 1. The molecule has 1 N–H and O–H groups in total. The lowest BCUT2D eigenvalue weighted by atomic mass is 10.0. The number of sulfonamides is 1. The summed E-state index contributed by atoms with van der Waals surface area (Å²) in [5.41, 5.74) is 1.37. The standard InChI is InChI=1S/C28H31N3O6S/c1-28(2,3)37-27(33)31-14-6-5-7-24(31)22-12-8-18(17-29)15-23(22)30-38(34,35)25-16-20(26(32)36-4)11-13-21(25)19-9-10-19/h7-8,11-13,15-16,19,30H,5-6,9-10,14H2,1-4H3. The molecule has 1 aliphatic carbocycles. The lowest BCUT2D eigenvalue weighted by molar-refractivity contribution is 0.0346. The number of hydrogen-bond acceptors (Lipinski definition) is 7. The summed E-state index contributed by atoms with van der Waals surface area (Å²) in [6, 6.07) is 11.2. The van der Waals surface area contributed by atoms with E-state index in [1.807, 2.05) is 12.1 Å². The lowest BCUT2D eigenvalue weighted by Crippen LogP contribution is -2.37. The average molecular weight is 538 g/mol. The fraction of sp³-hybridized carbons (Fsp3) is 0.393. The van der Waals surface area contributed by atoms with Crippen LogP contribution in [0, 0.1) is 11.3 Å². The first-order chi connectivity index (χ1) is 17.9. The van der Waals surface area contributed by atoms with E-state index in [2.05, 4.69) is 4.72 Å². The van der Waals surface area contributed by atoms with Gasteiger partial charge in [0.2, 0.25) is 0 Å². The molecule has 0 saturated heterocycles. The Morgan fingerprint density at radius 1 is 1.13 bits per heavy atom. The van der Waals surface area contributed by atoms with Crippen LogP contribution in [0.5, 0.6) is 0 Å². The van der Waals surface area contributed by atoms with E-state index in [-0.39, 0.29) is 27.6 Å². The summed E-state index contributed by atoms with van der Waals surface area (Å²) in [7, 11) is -2.96. The van der Waals surface area contributed by atoms with E-state index in [0.29, 0.717) is 29.8 Å². The van der Waals surface area contributed by atoms with Gasteiger partial charge in [0.05, 0.1) is 40.6 Å². The monoisotopic (exact) mass is 537 g/mol. The van der Waals surface area contributed by atoms with Crippen molar-refractivity contribution in [2.45, 2.75) is 62.9 Å². The van der Waals surface area contributed by atoms with Crippen LogP contribution in [0.4, 0.5) is 10.5 Å². The van der Waals surface area contributed by atoms with Crippen LogP contribution >= 0.6 is 0 Å². The molecular formula is C28H31N3O6S. The summed E-state index contributed by atoms with van der Waals surface area (Å²) in [6.45, 7) is 5.73. The Hall–Kier alpha value is -3.84. The zero-order valence-corrected chi connectivity index (χ0v) is 22.7. The van der Waals surface area contributed by atoms with Crippen molar-refractivity contribution in [3.63, 3.8) is 0 Å². The normalized spacial score (nSPS) is 15.8. The molecule has 0 radical (unpaired) electrons. The second-order valence-corrected chi connectivity index (χ2v) is 12.0. The van der Waals surface area contributed by atoms with E-state index in [1.165, 1.54) is 24.1 Å². The van der Waals surface area contributed by atoms with Crippen LogP contribution in [0.3, 0.4) is 0 Å². The van der Waals surface area contributed by atoms with Crippen LogP contribution in [0.2, 0.25) is 0 Å². The van der Waals surface area contributed by atoms with E-state index in [1.54, 1.807) is 45.0 Å². The Bertz CT molecular complexity index is 1450. The number of nitrogens with one attached hydrogen (secondary N) is 1. The molecule has 0 spiro atoms. The number of rotatable bonds is 6. The molecule has 38 heavy (non-hydrogen) atoms. The van der Waals surface area contributed by atoms with E-state index in [4.69, 9.17) is 9.47 Å². The highest BCUT2D eigenvalue weighted by Gasteiger charge is 2.33. The van der Waals surface area contributed by atoms with Crippen LogP contribution < -0.4 is 4.72 Å². The highest BCUT2D eigenvalue weighted by molar-refractivity contribution is 7.92. The minimum atomic E-state index is -4.20. The number of carbonyl (C=O) groups excluding carboxylic acids is 2. The molecule has 0 unspecified atom stereocenters. The van der Waals surface area contributed by atoms with Gasteiger partial charge in [-0.2, -0.15) is 5.26 Å². The number of amides is 1. The third kappa shape index (κ3) is 6.00. The number of ether oxygens (including phenoxy) is 2. The van der Waals surface area contributed by atoms with Crippen molar-refractivity contribution >= 4 is 33.5 Å². The predicted molar refractivity (Wildman–Crippen MR) is 142 cm³/mol. The Labute approximate surface area is 223 Å². The summed E-state index contributed by atoms with van der Waals surface area (Å²) in [6.07, 6.45) is 4.45. The zero-order chi connectivity index (χ0) is 27.7. The number of methoxy groups -OCH3 is 1. The third-order valence-corrected chi connectivity index (χ3v) is 7.66. The highest BCUT2D eigenvalue weighted by atomic mass is 32.2. The fourth-order valence-electron chi connectivity index (χ4n) is 4.35. The SMILES string of the molecule is COC(=O)c1ccc(C2CC2)c(S(=O)(=O)Nc2cc(C#N)ccc2C2=CCCCN2C(=O)OC(C)(C)C)c1. The number of nitrogens with zero attached hydrogens (tertiary/aromatic N) is 2. The Morgan fingerprint density at radius 2 is 1.87 bits per heavy atom. The molecule has 1 heterocycles. The minimum absolute atomic E-state index is 0.0159. The van der Waals surface area contributed by atoms with E-state index >= 15 is 0 Å². The van der Waals surface area contributed by atoms with Gasteiger partial charge in [0.25, 0.3) is 10.0 Å². The number of esters is 1. The van der Waals surface area contributed by atoms with Crippen molar-refractivity contribution in [2.24, 2.45) is 0 Å². The molecule has 2 aliphatic rings. The van der Waals surface area contributed by atoms with Crippen molar-refractivity contribution in [2.75, 3.05) is 18.4 Å². The Balaban J connectivity index is 1.78. The number of hydrogen-bond donors (Lipinski definition) is 1. The van der Waals surface area contributed by atoms with Crippen LogP contribution in [-0.2, 0) is 19.5 Å². The van der Waals surface area contributed by atoms with Crippen LogP contribution in [0.1, 0.15) is 79.4 Å². The lowest BCUT2D eigenvalue weighted by Gasteiger charge is -2.32. The van der Waals surface area contributed by atoms with Gasteiger partial charge in [-0.1, -0.05) is 12.1 Å². The molecule has 2 aromatic carbocycles. The van der Waals surface area contributed by atoms with Gasteiger partial charge in [0, 0.05) is 12.1 Å². The number of nitriles is 1. The molecular weight excluding hydrogens is 506 g/mol. The van der Waals surface area contributed by atoms with Crippen LogP contribution in [0.25, 0.3) is 5.70 Å². The van der Waals surface area contributed by atoms with Crippen molar-refractivity contribution in [3.8, 4) is 6.07 Å². The molecule has 1 amide bonds. The molecule has 1 fully saturated rings. The molecule has 1 aliphatic heterocycles. The molecule has 4 rings (SSSR count). The van der Waals surface area contributed by atoms with E-state index in [9.17, 15) is 23.3 Å². The number of benzene rings is 2. The average Bonchev–Trinajstić information content (AvgIpc) is 3.72. The summed E-state index contributed by atoms with van der Waals surface area (Å²) in [4.78, 5) is 26.7. The van der Waals surface area contributed by atoms with E-state index in [0.717, 1.165) is 19.3 Å². The molecule has 2 aromatic rings. The predicted octanol–water partition coefficient (Wildman–Crippen LogP) is 5.39. The van der Waals surface area contributed by atoms with Crippen molar-refractivity contribution in [1.82, 2.24) is 4.90 Å². The van der Waals surface area contributed by atoms with Gasteiger partial charge < -0.3 is 9.47 Å². The van der Waals surface area contributed by atoms with Crippen molar-refractivity contribution in [3.05, 3.63) is 64.7 Å². The Kier molecular flexibility index (Phi) is 7.51. The van der Waals surface area contributed by atoms with Crippen LogP contribution in [0.15, 0.2) is 47.4 Å². The molecule has 9 nitrogen and oxygen atoms in total. The van der Waals surface area contributed by atoms with Gasteiger partial charge in [-0.15, -0.1) is 0 Å². The summed E-state index contributed by atoms with van der Waals surface area (Å²) < 4.78 is 40.6. The van der Waals surface area contributed by atoms with Gasteiger partial charge in [0.1, 0.15) is 5.60 Å². The van der Waals surface area contributed by atoms with E-state index < -0.39 is 27.7 Å². The summed E-state index contributed by atoms with van der Waals surface area (Å²) >= 11 is 0. The van der Waals surface area contributed by atoms with Crippen LogP contribution in [-0.4, -0.2) is 44.6 Å². The smallest absolute Gasteiger partial charge is 0.414 e. The Morgan fingerprint density at radius 3 is 2.50 bits per heavy atom. The molecule has 0 bridgehead atoms. The maximum Gasteiger partial charge on any atom is 0.414 e. The zero-order valence-electron chi connectivity index (χ0n) is 21.9. The van der Waals surface area contributed by atoms with Gasteiger partial charge in [-0.25, -0.2) is 18.0 Å². The summed E-state index contributed by atoms with van der Waals surface area (Å²) in [5.74, 6) is -0.557. The molecule has 0 aromatic heterocycles. The highest BCUT2D eigenvalue weighted by Crippen LogP contribution is 2.44. The quantitative estimate of drug-likeness (QED) is 0.489. The first-order valence-electron chi connectivity index (χ1n) is 12.4. The van der Waals surface area contributed by atoms with Crippen molar-refractivity contribution in [1.29, 1.82) is 5.26 Å². The molecule has 10 heteroatoms. The largest absolute Gasteiger partial charge is 0.465 e. The second kappa shape index (κ2) is 10.5. The number of carbonyl (C=O) groups is 2. The fourth-order valence-corrected chi connectivity index (χ4v) is 5.74. The molecule has 1 saturated carbocycles. The first-order valence-corrected chi connectivity index (χ1v) is 13.9.